The van der Waals surface area contributed by atoms with Gasteiger partial charge in [-0.05, 0) is 25.0 Å². The van der Waals surface area contributed by atoms with Gasteiger partial charge in [0.2, 0.25) is 0 Å². The number of nitrogen functional groups attached to an aromatic ring is 2. The monoisotopic (exact) mass is 296 g/mol. The first-order valence-electron chi connectivity index (χ1n) is 5.67. The Bertz CT molecular complexity index is 457. The maximum Gasteiger partial charge on any atom is 0.298 e. The molecular formula is C12H16F4N2O2. The van der Waals surface area contributed by atoms with Gasteiger partial charge in [-0.3, -0.25) is 0 Å². The van der Waals surface area contributed by atoms with E-state index in [1.165, 1.54) is 0 Å². The molecule has 1 rings (SSSR count). The van der Waals surface area contributed by atoms with Gasteiger partial charge in [-0.2, -0.15) is 17.6 Å². The van der Waals surface area contributed by atoms with Crippen molar-refractivity contribution in [3.8, 4) is 0 Å². The van der Waals surface area contributed by atoms with Crippen LogP contribution >= 0.6 is 0 Å². The second-order valence-electron chi connectivity index (χ2n) is 4.55. The fourth-order valence-corrected chi connectivity index (χ4v) is 2.15. The van der Waals surface area contributed by atoms with E-state index >= 15 is 0 Å². The van der Waals surface area contributed by atoms with Gasteiger partial charge in [-0.1, -0.05) is 0 Å². The highest BCUT2D eigenvalue weighted by atomic mass is 19.3. The predicted octanol–water partition coefficient (Wildman–Crippen LogP) is 1.64. The fraction of sp³-hybridized carbons (Fsp3) is 0.500. The third kappa shape index (κ3) is 2.40. The molecule has 0 fully saturated rings. The molecule has 4 nitrogen and oxygen atoms in total. The summed E-state index contributed by atoms with van der Waals surface area (Å²) in [5.41, 5.74) is 7.65. The molecule has 114 valence electrons. The Balaban J connectivity index is 3.76. The zero-order valence-corrected chi connectivity index (χ0v) is 11.0. The Morgan fingerprint density at radius 2 is 1.05 bits per heavy atom. The zero-order valence-electron chi connectivity index (χ0n) is 11.0. The summed E-state index contributed by atoms with van der Waals surface area (Å²) in [4.78, 5) is 0. The summed E-state index contributed by atoms with van der Waals surface area (Å²) >= 11 is 0. The van der Waals surface area contributed by atoms with Crippen LogP contribution in [0.3, 0.4) is 0 Å². The second-order valence-corrected chi connectivity index (χ2v) is 4.55. The van der Waals surface area contributed by atoms with E-state index in [4.69, 9.17) is 21.7 Å². The zero-order chi connectivity index (χ0) is 15.9. The molecule has 0 saturated heterocycles. The molecule has 0 bridgehead atoms. The molecule has 0 aliphatic rings. The fourth-order valence-electron chi connectivity index (χ4n) is 2.15. The molecule has 0 radical (unpaired) electrons. The quantitative estimate of drug-likeness (QED) is 0.502. The lowest BCUT2D eigenvalue weighted by atomic mass is 9.89. The molecule has 0 saturated carbocycles. The topological polar surface area (TPSA) is 92.5 Å². The van der Waals surface area contributed by atoms with Crippen LogP contribution in [0.2, 0.25) is 0 Å². The number of aliphatic hydroxyl groups is 2. The minimum atomic E-state index is -3.69. The molecule has 0 heterocycles. The smallest absolute Gasteiger partial charge is 0.298 e. The number of anilines is 2. The van der Waals surface area contributed by atoms with Gasteiger partial charge in [0.15, 0.2) is 0 Å². The maximum atomic E-state index is 13.7. The summed E-state index contributed by atoms with van der Waals surface area (Å²) in [6.45, 7) is -0.818. The highest BCUT2D eigenvalue weighted by Crippen LogP contribution is 2.45. The van der Waals surface area contributed by atoms with Gasteiger partial charge < -0.3 is 21.7 Å². The van der Waals surface area contributed by atoms with Crippen molar-refractivity contribution >= 4 is 11.4 Å². The van der Waals surface area contributed by atoms with Crippen molar-refractivity contribution in [3.05, 3.63) is 22.3 Å². The van der Waals surface area contributed by atoms with E-state index in [9.17, 15) is 17.6 Å². The third-order valence-corrected chi connectivity index (χ3v) is 3.23. The van der Waals surface area contributed by atoms with Gasteiger partial charge >= 0.3 is 0 Å². The van der Waals surface area contributed by atoms with Crippen molar-refractivity contribution < 1.29 is 27.8 Å². The first-order valence-corrected chi connectivity index (χ1v) is 5.67. The molecule has 0 aromatic heterocycles. The number of hydrogen-bond acceptors (Lipinski definition) is 4. The van der Waals surface area contributed by atoms with Crippen LogP contribution in [0.1, 0.15) is 22.3 Å². The minimum Gasteiger partial charge on any atom is -0.398 e. The van der Waals surface area contributed by atoms with Gasteiger partial charge in [-0.25, -0.2) is 0 Å². The molecule has 0 atom stereocenters. The van der Waals surface area contributed by atoms with Gasteiger partial charge in [0, 0.05) is 11.4 Å². The number of benzene rings is 1. The number of rotatable bonds is 4. The first-order chi connectivity index (χ1) is 9.01. The van der Waals surface area contributed by atoms with E-state index in [0.29, 0.717) is 0 Å². The second kappa shape index (κ2) is 5.10. The first kappa shape index (κ1) is 16.5. The molecule has 1 aromatic carbocycles. The molecule has 0 spiro atoms. The van der Waals surface area contributed by atoms with Crippen LogP contribution in [0, 0.1) is 13.8 Å². The Hall–Kier alpha value is -1.54. The number of alkyl halides is 4. The molecule has 0 aliphatic heterocycles. The highest BCUT2D eigenvalue weighted by Gasteiger charge is 2.41. The number of halogens is 4. The van der Waals surface area contributed by atoms with E-state index in [0.717, 1.165) is 13.8 Å². The molecule has 8 heteroatoms. The van der Waals surface area contributed by atoms with E-state index in [1.807, 2.05) is 0 Å². The number of nitrogens with two attached hydrogens (primary N) is 2. The van der Waals surface area contributed by atoms with Gasteiger partial charge in [0.25, 0.3) is 11.8 Å². The highest BCUT2D eigenvalue weighted by molar-refractivity contribution is 5.72. The summed E-state index contributed by atoms with van der Waals surface area (Å²) in [5.74, 6) is -7.39. The number of aliphatic hydroxyl groups excluding tert-OH is 2. The Labute approximate surface area is 113 Å². The molecule has 0 unspecified atom stereocenters. The van der Waals surface area contributed by atoms with Crippen molar-refractivity contribution in [2.45, 2.75) is 25.7 Å². The van der Waals surface area contributed by atoms with E-state index in [-0.39, 0.29) is 11.1 Å². The molecular weight excluding hydrogens is 280 g/mol. The van der Waals surface area contributed by atoms with Crippen molar-refractivity contribution in [2.24, 2.45) is 0 Å². The van der Waals surface area contributed by atoms with Crippen LogP contribution < -0.4 is 11.5 Å². The lowest BCUT2D eigenvalue weighted by molar-refractivity contribution is -0.0584. The Kier molecular flexibility index (Phi) is 4.21. The van der Waals surface area contributed by atoms with Crippen molar-refractivity contribution in [3.63, 3.8) is 0 Å². The van der Waals surface area contributed by atoms with Crippen LogP contribution in [0.15, 0.2) is 0 Å². The Morgan fingerprint density at radius 1 is 0.800 bits per heavy atom. The van der Waals surface area contributed by atoms with Gasteiger partial charge in [-0.15, -0.1) is 0 Å². The largest absolute Gasteiger partial charge is 0.398 e. The van der Waals surface area contributed by atoms with Crippen molar-refractivity contribution in [2.75, 3.05) is 24.7 Å². The van der Waals surface area contributed by atoms with Crippen LogP contribution in [-0.4, -0.2) is 23.4 Å². The number of hydrogen-bond donors (Lipinski definition) is 4. The predicted molar refractivity (Wildman–Crippen MR) is 66.7 cm³/mol. The molecule has 0 aliphatic carbocycles. The van der Waals surface area contributed by atoms with Crippen molar-refractivity contribution in [1.82, 2.24) is 0 Å². The average molecular weight is 296 g/mol. The van der Waals surface area contributed by atoms with Crippen molar-refractivity contribution in [1.29, 1.82) is 0 Å². The average Bonchev–Trinajstić information content (AvgIpc) is 2.36. The Morgan fingerprint density at radius 3 is 1.25 bits per heavy atom. The molecule has 6 N–H and O–H groups in total. The molecule has 20 heavy (non-hydrogen) atoms. The van der Waals surface area contributed by atoms with Crippen LogP contribution in [-0.2, 0) is 11.8 Å². The summed E-state index contributed by atoms with van der Waals surface area (Å²) in [7, 11) is 0. The molecule has 1 aromatic rings. The van der Waals surface area contributed by atoms with Crippen LogP contribution in [0.4, 0.5) is 28.9 Å². The lowest BCUT2D eigenvalue weighted by Gasteiger charge is -2.27. The normalized spacial score (nSPS) is 12.8. The summed E-state index contributed by atoms with van der Waals surface area (Å²) in [6.07, 6.45) is 0. The third-order valence-electron chi connectivity index (χ3n) is 3.23. The summed E-state index contributed by atoms with van der Waals surface area (Å²) in [6, 6.07) is 0. The lowest BCUT2D eigenvalue weighted by Crippen LogP contribution is -2.27. The maximum absolute atomic E-state index is 13.7. The van der Waals surface area contributed by atoms with Crippen LogP contribution in [0.5, 0.6) is 0 Å². The summed E-state index contributed by atoms with van der Waals surface area (Å²) < 4.78 is 54.6. The van der Waals surface area contributed by atoms with E-state index in [2.05, 4.69) is 0 Å². The van der Waals surface area contributed by atoms with Crippen LogP contribution in [0.25, 0.3) is 0 Å². The minimum absolute atomic E-state index is 0.338. The summed E-state index contributed by atoms with van der Waals surface area (Å²) in [5, 5.41) is 17.4. The standard InChI is InChI=1S/C12H16F4N2O2/c1-5-7(11(13,14)3-19)10(18)6(2)8(9(5)17)12(15,16)4-20/h19-20H,3-4,17-18H2,1-2H3. The SMILES string of the molecule is Cc1c(N)c(C(F)(F)CO)c(C)c(N)c1C(F)(F)CO. The van der Waals surface area contributed by atoms with E-state index in [1.54, 1.807) is 0 Å². The molecule has 0 amide bonds. The van der Waals surface area contributed by atoms with Gasteiger partial charge in [0.1, 0.15) is 13.2 Å². The van der Waals surface area contributed by atoms with E-state index < -0.39 is 47.6 Å². The van der Waals surface area contributed by atoms with Gasteiger partial charge in [0.05, 0.1) is 11.1 Å².